The highest BCUT2D eigenvalue weighted by Gasteiger charge is 1.88. The van der Waals surface area contributed by atoms with Crippen LogP contribution in [0.4, 0.5) is 0 Å². The van der Waals surface area contributed by atoms with E-state index >= 15 is 0 Å². The maximum Gasteiger partial charge on any atom is 0.118 e. The van der Waals surface area contributed by atoms with E-state index in [0.717, 1.165) is 11.3 Å². The lowest BCUT2D eigenvalue weighted by Gasteiger charge is -1.98. The Morgan fingerprint density at radius 1 is 1.31 bits per heavy atom. The van der Waals surface area contributed by atoms with Gasteiger partial charge in [-0.05, 0) is 24.1 Å². The first-order valence-corrected chi connectivity index (χ1v) is 4.28. The third-order valence-corrected chi connectivity index (χ3v) is 1.72. The van der Waals surface area contributed by atoms with Crippen molar-refractivity contribution in [2.24, 2.45) is 0 Å². The second-order valence-corrected chi connectivity index (χ2v) is 2.69. The summed E-state index contributed by atoms with van der Waals surface area (Å²) in [5.74, 6) is 0.860. The van der Waals surface area contributed by atoms with E-state index in [4.69, 9.17) is 9.84 Å². The maximum atomic E-state index is 8.56. The summed E-state index contributed by atoms with van der Waals surface area (Å²) in [5.41, 5.74) is 1.12. The summed E-state index contributed by atoms with van der Waals surface area (Å²) in [7, 11) is 1.65. The predicted molar refractivity (Wildman–Crippen MR) is 53.7 cm³/mol. The Kier molecular flexibility index (Phi) is 4.06. The van der Waals surface area contributed by atoms with Crippen molar-refractivity contribution in [3.8, 4) is 5.75 Å². The lowest BCUT2D eigenvalue weighted by molar-refractivity contribution is 0.303. The molecule has 0 aromatic heterocycles. The van der Waals surface area contributed by atoms with Gasteiger partial charge in [-0.25, -0.2) is 0 Å². The first-order chi connectivity index (χ1) is 6.36. The molecule has 70 valence electrons. The molecular formula is C11H14O2. The predicted octanol–water partition coefficient (Wildman–Crippen LogP) is 2.09. The number of aliphatic hydroxyl groups excluding tert-OH is 1. The van der Waals surface area contributed by atoms with Gasteiger partial charge in [0.05, 0.1) is 7.11 Å². The molecule has 0 saturated carbocycles. The van der Waals surface area contributed by atoms with Crippen molar-refractivity contribution in [1.29, 1.82) is 0 Å². The molecule has 0 spiro atoms. The smallest absolute Gasteiger partial charge is 0.118 e. The number of methoxy groups -OCH3 is 1. The van der Waals surface area contributed by atoms with Gasteiger partial charge < -0.3 is 9.84 Å². The fourth-order valence-corrected chi connectivity index (χ4v) is 1.01. The van der Waals surface area contributed by atoms with Crippen molar-refractivity contribution in [1.82, 2.24) is 0 Å². The quantitative estimate of drug-likeness (QED) is 0.765. The fourth-order valence-electron chi connectivity index (χ4n) is 1.01. The summed E-state index contributed by atoms with van der Waals surface area (Å²) < 4.78 is 5.03. The minimum absolute atomic E-state index is 0.201. The molecule has 1 N–H and O–H groups in total. The van der Waals surface area contributed by atoms with E-state index in [9.17, 15) is 0 Å². The van der Waals surface area contributed by atoms with E-state index in [2.05, 4.69) is 0 Å². The summed E-state index contributed by atoms with van der Waals surface area (Å²) in [6.07, 6.45) is 4.63. The molecular weight excluding hydrogens is 164 g/mol. The van der Waals surface area contributed by atoms with Gasteiger partial charge in [-0.15, -0.1) is 0 Å². The van der Waals surface area contributed by atoms with Crippen LogP contribution in [0.25, 0.3) is 6.08 Å². The monoisotopic (exact) mass is 178 g/mol. The first kappa shape index (κ1) is 9.81. The first-order valence-electron chi connectivity index (χ1n) is 4.28. The summed E-state index contributed by atoms with van der Waals surface area (Å²) in [6.45, 7) is 0.201. The molecule has 0 saturated heterocycles. The Balaban J connectivity index is 2.58. The van der Waals surface area contributed by atoms with Crippen molar-refractivity contribution < 1.29 is 9.84 Å². The molecule has 1 rings (SSSR count). The molecule has 0 aliphatic carbocycles. The molecule has 0 fully saturated rings. The topological polar surface area (TPSA) is 29.5 Å². The van der Waals surface area contributed by atoms with Crippen LogP contribution in [0.15, 0.2) is 30.3 Å². The second-order valence-electron chi connectivity index (χ2n) is 2.69. The van der Waals surface area contributed by atoms with E-state index in [-0.39, 0.29) is 6.61 Å². The number of hydrogen-bond acceptors (Lipinski definition) is 2. The van der Waals surface area contributed by atoms with Crippen molar-refractivity contribution in [3.05, 3.63) is 35.9 Å². The molecule has 0 heterocycles. The van der Waals surface area contributed by atoms with E-state index in [1.54, 1.807) is 7.11 Å². The molecule has 0 bridgehead atoms. The van der Waals surface area contributed by atoms with Crippen LogP contribution in [0, 0.1) is 0 Å². The molecule has 0 aliphatic rings. The maximum absolute atomic E-state index is 8.56. The van der Waals surface area contributed by atoms with Crippen LogP contribution in [0.5, 0.6) is 5.75 Å². The van der Waals surface area contributed by atoms with E-state index in [1.807, 2.05) is 36.4 Å². The standard InChI is InChI=1S/C11H14O2/c1-13-11-7-5-10(6-8-11)4-2-3-9-12/h2,4-8,12H,3,9H2,1H3. The largest absolute Gasteiger partial charge is 0.497 e. The van der Waals surface area contributed by atoms with Crippen LogP contribution in [0.1, 0.15) is 12.0 Å². The van der Waals surface area contributed by atoms with E-state index in [1.165, 1.54) is 0 Å². The molecule has 2 heteroatoms. The normalized spacial score (nSPS) is 10.6. The average molecular weight is 178 g/mol. The Bertz CT molecular complexity index is 262. The Hall–Kier alpha value is -1.28. The van der Waals surface area contributed by atoms with Gasteiger partial charge in [0.2, 0.25) is 0 Å². The highest BCUT2D eigenvalue weighted by atomic mass is 16.5. The molecule has 0 atom stereocenters. The van der Waals surface area contributed by atoms with E-state index in [0.29, 0.717) is 6.42 Å². The van der Waals surface area contributed by atoms with Gasteiger partial charge in [0.25, 0.3) is 0 Å². The van der Waals surface area contributed by atoms with Crippen molar-refractivity contribution in [2.75, 3.05) is 13.7 Å². The van der Waals surface area contributed by atoms with Gasteiger partial charge >= 0.3 is 0 Å². The third-order valence-electron chi connectivity index (χ3n) is 1.72. The van der Waals surface area contributed by atoms with Crippen LogP contribution in [-0.4, -0.2) is 18.8 Å². The molecule has 1 aromatic carbocycles. The lowest BCUT2D eigenvalue weighted by Crippen LogP contribution is -1.81. The minimum Gasteiger partial charge on any atom is -0.497 e. The second kappa shape index (κ2) is 5.38. The summed E-state index contributed by atoms with van der Waals surface area (Å²) in [5, 5.41) is 8.56. The summed E-state index contributed by atoms with van der Waals surface area (Å²) >= 11 is 0. The molecule has 13 heavy (non-hydrogen) atoms. The van der Waals surface area contributed by atoms with E-state index < -0.39 is 0 Å². The van der Waals surface area contributed by atoms with Gasteiger partial charge in [-0.1, -0.05) is 24.3 Å². The number of rotatable bonds is 4. The number of ether oxygens (including phenoxy) is 1. The zero-order valence-corrected chi connectivity index (χ0v) is 7.73. The number of benzene rings is 1. The fraction of sp³-hybridized carbons (Fsp3) is 0.273. The Morgan fingerprint density at radius 3 is 2.54 bits per heavy atom. The third kappa shape index (κ3) is 3.30. The molecule has 0 radical (unpaired) electrons. The minimum atomic E-state index is 0.201. The molecule has 1 aromatic rings. The van der Waals surface area contributed by atoms with Crippen molar-refractivity contribution in [3.63, 3.8) is 0 Å². The molecule has 0 amide bonds. The van der Waals surface area contributed by atoms with Crippen molar-refractivity contribution >= 4 is 6.08 Å². The van der Waals surface area contributed by atoms with Crippen LogP contribution < -0.4 is 4.74 Å². The Labute approximate surface area is 78.5 Å². The molecule has 0 unspecified atom stereocenters. The average Bonchev–Trinajstić information content (AvgIpc) is 2.19. The van der Waals surface area contributed by atoms with Gasteiger partial charge in [0, 0.05) is 6.61 Å². The highest BCUT2D eigenvalue weighted by Crippen LogP contribution is 2.12. The number of hydrogen-bond donors (Lipinski definition) is 1. The van der Waals surface area contributed by atoms with Gasteiger partial charge in [-0.3, -0.25) is 0 Å². The van der Waals surface area contributed by atoms with Crippen LogP contribution in [0.3, 0.4) is 0 Å². The Morgan fingerprint density at radius 2 is 2.00 bits per heavy atom. The summed E-state index contributed by atoms with van der Waals surface area (Å²) in [6, 6.07) is 7.79. The zero-order valence-electron chi connectivity index (χ0n) is 7.73. The van der Waals surface area contributed by atoms with Crippen LogP contribution >= 0.6 is 0 Å². The SMILES string of the molecule is COc1ccc(C=CCCO)cc1. The lowest BCUT2D eigenvalue weighted by atomic mass is 10.2. The van der Waals surface area contributed by atoms with Crippen LogP contribution in [-0.2, 0) is 0 Å². The number of aliphatic hydroxyl groups is 1. The van der Waals surface area contributed by atoms with Crippen molar-refractivity contribution in [2.45, 2.75) is 6.42 Å². The highest BCUT2D eigenvalue weighted by molar-refractivity contribution is 5.50. The summed E-state index contributed by atoms with van der Waals surface area (Å²) in [4.78, 5) is 0. The molecule has 2 nitrogen and oxygen atoms in total. The van der Waals surface area contributed by atoms with Gasteiger partial charge in [-0.2, -0.15) is 0 Å². The van der Waals surface area contributed by atoms with Gasteiger partial charge in [0.15, 0.2) is 0 Å². The zero-order chi connectivity index (χ0) is 9.52. The van der Waals surface area contributed by atoms with Gasteiger partial charge in [0.1, 0.15) is 5.75 Å². The van der Waals surface area contributed by atoms with Crippen LogP contribution in [0.2, 0.25) is 0 Å². The molecule has 0 aliphatic heterocycles.